The lowest BCUT2D eigenvalue weighted by atomic mass is 10.2. The smallest absolute Gasteiger partial charge is 0.337 e. The monoisotopic (exact) mass is 303 g/mol. The number of halogens is 2. The van der Waals surface area contributed by atoms with Crippen LogP contribution >= 0.6 is 0 Å². The Kier molecular flexibility index (Phi) is 3.40. The second kappa shape index (κ2) is 4.89. The maximum absolute atomic E-state index is 13.1. The number of hydrogen-bond donors (Lipinski definition) is 3. The van der Waals surface area contributed by atoms with Gasteiger partial charge >= 0.3 is 5.97 Å². The Labute approximate surface area is 111 Å². The summed E-state index contributed by atoms with van der Waals surface area (Å²) in [6, 6.07) is 0.849. The van der Waals surface area contributed by atoms with Gasteiger partial charge < -0.3 is 5.11 Å². The van der Waals surface area contributed by atoms with E-state index in [-0.39, 0.29) is 4.90 Å². The second-order valence-electron chi connectivity index (χ2n) is 3.66. The van der Waals surface area contributed by atoms with Crippen LogP contribution < -0.4 is 4.72 Å². The average Bonchev–Trinajstić information content (AvgIpc) is 2.87. The molecule has 0 atom stereocenters. The maximum Gasteiger partial charge on any atom is 0.337 e. The fraction of sp³-hybridized carbons (Fsp3) is 0. The van der Waals surface area contributed by atoms with Gasteiger partial charge in [0.1, 0.15) is 4.90 Å². The Morgan fingerprint density at radius 1 is 1.30 bits per heavy atom. The van der Waals surface area contributed by atoms with Gasteiger partial charge in [-0.3, -0.25) is 9.82 Å². The summed E-state index contributed by atoms with van der Waals surface area (Å²) in [6.07, 6.45) is 2.02. The fourth-order valence-electron chi connectivity index (χ4n) is 1.40. The van der Waals surface area contributed by atoms with Crippen molar-refractivity contribution in [1.29, 1.82) is 0 Å². The molecule has 0 fully saturated rings. The lowest BCUT2D eigenvalue weighted by Gasteiger charge is -2.09. The van der Waals surface area contributed by atoms with E-state index in [1.54, 1.807) is 0 Å². The number of nitrogens with one attached hydrogen (secondary N) is 2. The molecule has 0 spiro atoms. The van der Waals surface area contributed by atoms with Gasteiger partial charge in [0.05, 0.1) is 17.4 Å². The number of carbonyl (C=O) groups is 1. The Hall–Kier alpha value is -2.49. The Morgan fingerprint density at radius 2 is 1.95 bits per heavy atom. The minimum absolute atomic E-state index is 0.279. The van der Waals surface area contributed by atoms with E-state index >= 15 is 0 Å². The quantitative estimate of drug-likeness (QED) is 0.785. The van der Waals surface area contributed by atoms with E-state index in [1.807, 2.05) is 4.72 Å². The summed E-state index contributed by atoms with van der Waals surface area (Å²) in [5.74, 6) is -4.37. The van der Waals surface area contributed by atoms with Crippen LogP contribution in [0.15, 0.2) is 29.4 Å². The number of aromatic carboxylic acids is 1. The highest BCUT2D eigenvalue weighted by molar-refractivity contribution is 7.92. The number of carboxylic acids is 1. The minimum atomic E-state index is -4.15. The highest BCUT2D eigenvalue weighted by Gasteiger charge is 2.21. The Bertz CT molecular complexity index is 759. The third-order valence-corrected chi connectivity index (χ3v) is 3.65. The minimum Gasteiger partial charge on any atom is -0.478 e. The molecule has 1 aromatic carbocycles. The first-order valence-corrected chi connectivity index (χ1v) is 6.53. The number of carboxylic acid groups (broad SMARTS) is 1. The highest BCUT2D eigenvalue weighted by atomic mass is 32.2. The van der Waals surface area contributed by atoms with Crippen LogP contribution in [0.4, 0.5) is 14.5 Å². The van der Waals surface area contributed by atoms with Gasteiger partial charge in [0, 0.05) is 12.3 Å². The molecule has 2 rings (SSSR count). The van der Waals surface area contributed by atoms with Crippen molar-refractivity contribution in [2.24, 2.45) is 0 Å². The Morgan fingerprint density at radius 3 is 2.50 bits per heavy atom. The van der Waals surface area contributed by atoms with Gasteiger partial charge in [-0.15, -0.1) is 0 Å². The normalized spacial score (nSPS) is 11.3. The van der Waals surface area contributed by atoms with E-state index in [1.165, 1.54) is 0 Å². The molecule has 0 aliphatic heterocycles. The maximum atomic E-state index is 13.1. The fourth-order valence-corrected chi connectivity index (χ4v) is 2.37. The van der Waals surface area contributed by atoms with E-state index in [9.17, 15) is 22.0 Å². The van der Waals surface area contributed by atoms with E-state index in [0.29, 0.717) is 12.1 Å². The summed E-state index contributed by atoms with van der Waals surface area (Å²) >= 11 is 0. The van der Waals surface area contributed by atoms with Crippen molar-refractivity contribution in [2.45, 2.75) is 4.90 Å². The van der Waals surface area contributed by atoms with Crippen LogP contribution in [0, 0.1) is 11.6 Å². The van der Waals surface area contributed by atoms with Gasteiger partial charge in [-0.1, -0.05) is 0 Å². The summed E-state index contributed by atoms with van der Waals surface area (Å²) in [6.45, 7) is 0. The molecule has 2 aromatic rings. The van der Waals surface area contributed by atoms with Crippen molar-refractivity contribution in [3.63, 3.8) is 0 Å². The van der Waals surface area contributed by atoms with E-state index in [2.05, 4.69) is 10.2 Å². The predicted octanol–water partition coefficient (Wildman–Crippen LogP) is 1.19. The molecule has 0 amide bonds. The van der Waals surface area contributed by atoms with Crippen LogP contribution in [0.25, 0.3) is 0 Å². The van der Waals surface area contributed by atoms with E-state index in [0.717, 1.165) is 12.4 Å². The van der Waals surface area contributed by atoms with Gasteiger partial charge in [0.25, 0.3) is 10.0 Å². The van der Waals surface area contributed by atoms with Crippen molar-refractivity contribution >= 4 is 21.7 Å². The van der Waals surface area contributed by atoms with Crippen molar-refractivity contribution in [3.05, 3.63) is 41.7 Å². The third kappa shape index (κ3) is 2.59. The van der Waals surface area contributed by atoms with Gasteiger partial charge in [0.2, 0.25) is 0 Å². The zero-order valence-electron chi connectivity index (χ0n) is 9.59. The molecule has 7 nitrogen and oxygen atoms in total. The number of aromatic nitrogens is 2. The third-order valence-electron chi connectivity index (χ3n) is 2.32. The summed E-state index contributed by atoms with van der Waals surface area (Å²) in [5.41, 5.74) is -1.30. The summed E-state index contributed by atoms with van der Waals surface area (Å²) in [5, 5.41) is 14.6. The Balaban J connectivity index is 2.49. The van der Waals surface area contributed by atoms with Gasteiger partial charge in [-0.2, -0.15) is 5.10 Å². The highest BCUT2D eigenvalue weighted by Crippen LogP contribution is 2.23. The lowest BCUT2D eigenvalue weighted by molar-refractivity contribution is 0.0697. The SMILES string of the molecule is O=C(O)c1cc(F)c(F)cc1NS(=O)(=O)c1cn[nH]c1. The summed E-state index contributed by atoms with van der Waals surface area (Å²) in [7, 11) is -4.15. The number of benzene rings is 1. The number of rotatable bonds is 4. The van der Waals surface area contributed by atoms with Crippen molar-refractivity contribution in [3.8, 4) is 0 Å². The first kappa shape index (κ1) is 13.9. The largest absolute Gasteiger partial charge is 0.478 e. The van der Waals surface area contributed by atoms with Crippen LogP contribution in [-0.2, 0) is 10.0 Å². The van der Waals surface area contributed by atoms with Crippen molar-refractivity contribution < 1.29 is 27.1 Å². The molecule has 3 N–H and O–H groups in total. The van der Waals surface area contributed by atoms with Gasteiger partial charge in [-0.25, -0.2) is 22.0 Å². The molecule has 106 valence electrons. The van der Waals surface area contributed by atoms with Crippen molar-refractivity contribution in [1.82, 2.24) is 10.2 Å². The number of H-pyrrole nitrogens is 1. The number of nitrogens with zero attached hydrogens (tertiary/aromatic N) is 1. The zero-order valence-corrected chi connectivity index (χ0v) is 10.4. The predicted molar refractivity (Wildman–Crippen MR) is 62.7 cm³/mol. The zero-order chi connectivity index (χ0) is 14.9. The molecule has 10 heteroatoms. The van der Waals surface area contributed by atoms with Crippen LogP contribution in [0.5, 0.6) is 0 Å². The molecule has 0 radical (unpaired) electrons. The first-order chi connectivity index (χ1) is 9.31. The number of sulfonamides is 1. The van der Waals surface area contributed by atoms with Gasteiger partial charge in [0.15, 0.2) is 11.6 Å². The second-order valence-corrected chi connectivity index (χ2v) is 5.34. The number of anilines is 1. The number of aromatic amines is 1. The summed E-state index contributed by atoms with van der Waals surface area (Å²) < 4.78 is 51.7. The van der Waals surface area contributed by atoms with Crippen molar-refractivity contribution in [2.75, 3.05) is 4.72 Å². The molecular formula is C10H7F2N3O4S. The van der Waals surface area contributed by atoms with Crippen LogP contribution in [0.3, 0.4) is 0 Å². The molecular weight excluding hydrogens is 296 g/mol. The summed E-state index contributed by atoms with van der Waals surface area (Å²) in [4.78, 5) is 10.6. The molecule has 1 aromatic heterocycles. The van der Waals surface area contributed by atoms with Crippen LogP contribution in [-0.4, -0.2) is 29.7 Å². The molecule has 0 bridgehead atoms. The van der Waals surface area contributed by atoms with E-state index < -0.39 is 38.9 Å². The molecule has 0 saturated carbocycles. The standard InChI is InChI=1S/C10H7F2N3O4S/c11-7-1-6(10(16)17)9(2-8(7)12)15-20(18,19)5-3-13-14-4-5/h1-4,15H,(H,13,14)(H,16,17). The van der Waals surface area contributed by atoms with Crippen LogP contribution in [0.1, 0.15) is 10.4 Å². The van der Waals surface area contributed by atoms with E-state index in [4.69, 9.17) is 5.11 Å². The molecule has 20 heavy (non-hydrogen) atoms. The molecule has 0 aliphatic rings. The lowest BCUT2D eigenvalue weighted by Crippen LogP contribution is -2.15. The molecule has 0 aliphatic carbocycles. The number of hydrogen-bond acceptors (Lipinski definition) is 4. The molecule has 1 heterocycles. The first-order valence-electron chi connectivity index (χ1n) is 5.05. The van der Waals surface area contributed by atoms with Gasteiger partial charge in [-0.05, 0) is 6.07 Å². The molecule has 0 unspecified atom stereocenters. The topological polar surface area (TPSA) is 112 Å². The van der Waals surface area contributed by atoms with Crippen LogP contribution in [0.2, 0.25) is 0 Å². The average molecular weight is 303 g/mol. The molecule has 0 saturated heterocycles.